The number of anilines is 2. The van der Waals surface area contributed by atoms with Crippen molar-refractivity contribution in [3.05, 3.63) is 54.1 Å². The van der Waals surface area contributed by atoms with Crippen molar-refractivity contribution in [1.29, 1.82) is 0 Å². The van der Waals surface area contributed by atoms with E-state index < -0.39 is 11.7 Å². The lowest BCUT2D eigenvalue weighted by atomic mass is 9.97. The largest absolute Gasteiger partial charge is 0.508 e. The quantitative estimate of drug-likeness (QED) is 0.558. The first-order chi connectivity index (χ1) is 12.4. The maximum Gasteiger partial charge on any atom is 0.418 e. The van der Waals surface area contributed by atoms with E-state index in [0.717, 1.165) is 31.7 Å². The summed E-state index contributed by atoms with van der Waals surface area (Å²) in [4.78, 5) is 1.69. The van der Waals surface area contributed by atoms with Crippen LogP contribution in [0, 0.1) is 5.92 Å². The van der Waals surface area contributed by atoms with Crippen LogP contribution in [0.1, 0.15) is 45.1 Å². The standard InChI is InChI=1S/C21H26F3NO/c1-3-5-9-16(4-2)15-25(17-10-8-11-18(26)14-17)20-13-7-6-12-19(20)21(22,23)24/h6-8,10-14,16,26H,3-5,9,15H2,1-2H3. The van der Waals surface area contributed by atoms with Gasteiger partial charge in [-0.3, -0.25) is 0 Å². The average Bonchev–Trinajstić information content (AvgIpc) is 2.61. The number of aromatic hydroxyl groups is 1. The van der Waals surface area contributed by atoms with Gasteiger partial charge in [-0.15, -0.1) is 0 Å². The van der Waals surface area contributed by atoms with Gasteiger partial charge >= 0.3 is 6.18 Å². The average molecular weight is 365 g/mol. The molecule has 0 aliphatic rings. The minimum atomic E-state index is -4.43. The fourth-order valence-corrected chi connectivity index (χ4v) is 3.13. The van der Waals surface area contributed by atoms with Crippen LogP contribution in [0.5, 0.6) is 5.75 Å². The van der Waals surface area contributed by atoms with E-state index in [2.05, 4.69) is 13.8 Å². The highest BCUT2D eigenvalue weighted by molar-refractivity contribution is 5.68. The first kappa shape index (κ1) is 20.1. The Morgan fingerprint density at radius 3 is 2.38 bits per heavy atom. The summed E-state index contributed by atoms with van der Waals surface area (Å²) < 4.78 is 40.6. The SMILES string of the molecule is CCCCC(CC)CN(c1cccc(O)c1)c1ccccc1C(F)(F)F. The van der Waals surface area contributed by atoms with E-state index in [-0.39, 0.29) is 17.4 Å². The van der Waals surface area contributed by atoms with E-state index >= 15 is 0 Å². The van der Waals surface area contributed by atoms with E-state index in [1.54, 1.807) is 23.1 Å². The van der Waals surface area contributed by atoms with Crippen LogP contribution in [-0.2, 0) is 6.18 Å². The summed E-state index contributed by atoms with van der Waals surface area (Å²) in [6.45, 7) is 4.66. The Labute approximate surface area is 153 Å². The molecule has 0 radical (unpaired) electrons. The van der Waals surface area contributed by atoms with E-state index in [4.69, 9.17) is 0 Å². The van der Waals surface area contributed by atoms with Crippen LogP contribution in [0.3, 0.4) is 0 Å². The second-order valence-electron chi connectivity index (χ2n) is 6.56. The van der Waals surface area contributed by atoms with E-state index in [1.807, 2.05) is 0 Å². The van der Waals surface area contributed by atoms with E-state index in [1.165, 1.54) is 24.3 Å². The molecule has 1 N–H and O–H groups in total. The topological polar surface area (TPSA) is 23.5 Å². The van der Waals surface area contributed by atoms with Gasteiger partial charge in [0.05, 0.1) is 11.3 Å². The van der Waals surface area contributed by atoms with Crippen molar-refractivity contribution in [2.75, 3.05) is 11.4 Å². The molecule has 0 aliphatic carbocycles. The summed E-state index contributed by atoms with van der Waals surface area (Å²) in [5.74, 6) is 0.317. The molecule has 2 rings (SSSR count). The van der Waals surface area contributed by atoms with E-state index in [9.17, 15) is 18.3 Å². The number of benzene rings is 2. The van der Waals surface area contributed by atoms with Crippen molar-refractivity contribution < 1.29 is 18.3 Å². The molecular formula is C21H26F3NO. The normalized spacial score (nSPS) is 12.8. The van der Waals surface area contributed by atoms with Crippen LogP contribution >= 0.6 is 0 Å². The van der Waals surface area contributed by atoms with Gasteiger partial charge in [0.1, 0.15) is 5.75 Å². The molecule has 0 aliphatic heterocycles. The highest BCUT2D eigenvalue weighted by Gasteiger charge is 2.35. The molecular weight excluding hydrogens is 339 g/mol. The predicted octanol–water partition coefficient (Wildman–Crippen LogP) is 6.77. The Kier molecular flexibility index (Phi) is 6.95. The van der Waals surface area contributed by atoms with Crippen LogP contribution < -0.4 is 4.90 Å². The molecule has 0 saturated carbocycles. The number of phenols is 1. The fourth-order valence-electron chi connectivity index (χ4n) is 3.13. The van der Waals surface area contributed by atoms with Crippen LogP contribution in [0.25, 0.3) is 0 Å². The highest BCUT2D eigenvalue weighted by atomic mass is 19.4. The predicted molar refractivity (Wildman–Crippen MR) is 99.9 cm³/mol. The van der Waals surface area contributed by atoms with Crippen LogP contribution in [0.2, 0.25) is 0 Å². The third-order valence-electron chi connectivity index (χ3n) is 4.63. The van der Waals surface area contributed by atoms with Crippen molar-refractivity contribution in [2.24, 2.45) is 5.92 Å². The Bertz CT molecular complexity index is 700. The number of alkyl halides is 3. The summed E-state index contributed by atoms with van der Waals surface area (Å²) in [6, 6.07) is 12.1. The minimum Gasteiger partial charge on any atom is -0.508 e. The van der Waals surface area contributed by atoms with Crippen molar-refractivity contribution in [3.63, 3.8) is 0 Å². The first-order valence-corrected chi connectivity index (χ1v) is 9.09. The fraction of sp³-hybridized carbons (Fsp3) is 0.429. The van der Waals surface area contributed by atoms with Gasteiger partial charge in [0.25, 0.3) is 0 Å². The molecule has 0 saturated heterocycles. The smallest absolute Gasteiger partial charge is 0.418 e. The number of phenolic OH excluding ortho intramolecular Hbond substituents is 1. The summed E-state index contributed by atoms with van der Waals surface area (Å²) in [5, 5.41) is 9.82. The molecule has 26 heavy (non-hydrogen) atoms. The van der Waals surface area contributed by atoms with Crippen LogP contribution in [0.15, 0.2) is 48.5 Å². The van der Waals surface area contributed by atoms with Crippen LogP contribution in [-0.4, -0.2) is 11.7 Å². The second-order valence-corrected chi connectivity index (χ2v) is 6.56. The van der Waals surface area contributed by atoms with Gasteiger partial charge in [0.2, 0.25) is 0 Å². The first-order valence-electron chi connectivity index (χ1n) is 9.09. The number of halogens is 3. The lowest BCUT2D eigenvalue weighted by Crippen LogP contribution is -2.27. The second kappa shape index (κ2) is 8.97. The molecule has 1 unspecified atom stereocenters. The Balaban J connectivity index is 2.48. The molecule has 0 spiro atoms. The maximum atomic E-state index is 13.5. The third kappa shape index (κ3) is 5.16. The molecule has 0 heterocycles. The number of unbranched alkanes of at least 4 members (excludes halogenated alkanes) is 1. The zero-order valence-corrected chi connectivity index (χ0v) is 15.3. The number of hydrogen-bond acceptors (Lipinski definition) is 2. The van der Waals surface area contributed by atoms with Crippen molar-refractivity contribution in [2.45, 2.75) is 45.7 Å². The van der Waals surface area contributed by atoms with Gasteiger partial charge in [-0.1, -0.05) is 51.3 Å². The molecule has 5 heteroatoms. The number of para-hydroxylation sites is 1. The molecule has 0 bridgehead atoms. The minimum absolute atomic E-state index is 0.0404. The number of rotatable bonds is 8. The van der Waals surface area contributed by atoms with Crippen molar-refractivity contribution in [3.8, 4) is 5.75 Å². The van der Waals surface area contributed by atoms with Crippen LogP contribution in [0.4, 0.5) is 24.5 Å². The molecule has 2 aromatic carbocycles. The zero-order valence-electron chi connectivity index (χ0n) is 15.3. The number of nitrogens with zero attached hydrogens (tertiary/aromatic N) is 1. The monoisotopic (exact) mass is 365 g/mol. The van der Waals surface area contributed by atoms with Gasteiger partial charge in [0.15, 0.2) is 0 Å². The molecule has 2 aromatic rings. The van der Waals surface area contributed by atoms with Gasteiger partial charge in [-0.2, -0.15) is 13.2 Å². The maximum absolute atomic E-state index is 13.5. The Morgan fingerprint density at radius 2 is 1.77 bits per heavy atom. The lowest BCUT2D eigenvalue weighted by Gasteiger charge is -2.31. The Morgan fingerprint density at radius 1 is 1.04 bits per heavy atom. The summed E-state index contributed by atoms with van der Waals surface area (Å²) >= 11 is 0. The molecule has 142 valence electrons. The zero-order chi connectivity index (χ0) is 19.2. The van der Waals surface area contributed by atoms with Gasteiger partial charge in [0, 0.05) is 18.3 Å². The van der Waals surface area contributed by atoms with Gasteiger partial charge < -0.3 is 10.0 Å². The van der Waals surface area contributed by atoms with E-state index in [0.29, 0.717) is 12.2 Å². The highest BCUT2D eigenvalue weighted by Crippen LogP contribution is 2.40. The lowest BCUT2D eigenvalue weighted by molar-refractivity contribution is -0.137. The third-order valence-corrected chi connectivity index (χ3v) is 4.63. The molecule has 0 fully saturated rings. The van der Waals surface area contributed by atoms with Gasteiger partial charge in [-0.05, 0) is 36.6 Å². The summed E-state index contributed by atoms with van der Waals surface area (Å²) in [6.07, 6.45) is -0.466. The number of hydrogen-bond donors (Lipinski definition) is 1. The summed E-state index contributed by atoms with van der Waals surface area (Å²) in [5.41, 5.74) is 0.0332. The molecule has 2 nitrogen and oxygen atoms in total. The summed E-state index contributed by atoms with van der Waals surface area (Å²) in [7, 11) is 0. The van der Waals surface area contributed by atoms with Crippen molar-refractivity contribution in [1.82, 2.24) is 0 Å². The molecule has 1 atom stereocenters. The van der Waals surface area contributed by atoms with Crippen molar-refractivity contribution >= 4 is 11.4 Å². The van der Waals surface area contributed by atoms with Gasteiger partial charge in [-0.25, -0.2) is 0 Å². The molecule has 0 aromatic heterocycles. The Hall–Kier alpha value is -2.17. The molecule has 0 amide bonds.